The smallest absolute Gasteiger partial charge is 0.232 e. The zero-order valence-electron chi connectivity index (χ0n) is 9.15. The molecule has 0 aliphatic rings. The number of hydrogen-bond donors (Lipinski definition) is 0. The van der Waals surface area contributed by atoms with E-state index in [2.05, 4.69) is 0 Å². The van der Waals surface area contributed by atoms with Crippen LogP contribution in [0.2, 0.25) is 0 Å². The summed E-state index contributed by atoms with van der Waals surface area (Å²) in [6.45, 7) is 2.73. The fourth-order valence-electron chi connectivity index (χ4n) is 1.21. The normalized spacial score (nSPS) is 11.4. The van der Waals surface area contributed by atoms with Gasteiger partial charge in [0.25, 0.3) is 0 Å². The van der Waals surface area contributed by atoms with Gasteiger partial charge in [0, 0.05) is 10.7 Å². The van der Waals surface area contributed by atoms with E-state index in [1.807, 2.05) is 31.2 Å². The highest BCUT2D eigenvalue weighted by Crippen LogP contribution is 2.13. The summed E-state index contributed by atoms with van der Waals surface area (Å²) < 4.78 is 26.9. The van der Waals surface area contributed by atoms with Crippen molar-refractivity contribution in [1.82, 2.24) is 0 Å². The molecule has 0 atom stereocenters. The van der Waals surface area contributed by atoms with E-state index < -0.39 is 9.05 Å². The molecule has 0 aliphatic carbocycles. The minimum atomic E-state index is -3.41. The van der Waals surface area contributed by atoms with E-state index in [0.717, 1.165) is 17.7 Å². The Morgan fingerprint density at radius 1 is 1.25 bits per heavy atom. The molecule has 0 N–H and O–H groups in total. The summed E-state index contributed by atoms with van der Waals surface area (Å²) in [7, 11) is 1.72. The molecule has 16 heavy (non-hydrogen) atoms. The van der Waals surface area contributed by atoms with E-state index in [1.165, 1.54) is 0 Å². The number of halogens is 1. The molecular weight excluding hydrogens is 248 g/mol. The molecule has 0 bridgehead atoms. The van der Waals surface area contributed by atoms with Crippen LogP contribution in [0.3, 0.4) is 0 Å². The van der Waals surface area contributed by atoms with E-state index in [4.69, 9.17) is 15.4 Å². The van der Waals surface area contributed by atoms with Crippen LogP contribution < -0.4 is 4.74 Å². The lowest BCUT2D eigenvalue weighted by molar-refractivity contribution is 0.317. The quantitative estimate of drug-likeness (QED) is 0.740. The van der Waals surface area contributed by atoms with Crippen LogP contribution in [0.15, 0.2) is 24.3 Å². The van der Waals surface area contributed by atoms with Gasteiger partial charge in [-0.25, -0.2) is 8.42 Å². The van der Waals surface area contributed by atoms with Gasteiger partial charge in [-0.2, -0.15) is 0 Å². The molecule has 1 aromatic carbocycles. The third-order valence-corrected chi connectivity index (χ3v) is 3.19. The van der Waals surface area contributed by atoms with Gasteiger partial charge in [-0.1, -0.05) is 19.1 Å². The maximum absolute atomic E-state index is 10.8. The summed E-state index contributed by atoms with van der Waals surface area (Å²) in [6.07, 6.45) is 1.39. The molecule has 1 rings (SSSR count). The molecule has 3 nitrogen and oxygen atoms in total. The van der Waals surface area contributed by atoms with Crippen LogP contribution in [0, 0.1) is 0 Å². The lowest BCUT2D eigenvalue weighted by Crippen LogP contribution is -2.01. The summed E-state index contributed by atoms with van der Waals surface area (Å²) >= 11 is 0. The van der Waals surface area contributed by atoms with Crippen LogP contribution in [-0.4, -0.2) is 20.8 Å². The average molecular weight is 263 g/mol. The lowest BCUT2D eigenvalue weighted by Gasteiger charge is -2.05. The predicted molar refractivity (Wildman–Crippen MR) is 65.6 cm³/mol. The Kier molecular flexibility index (Phi) is 5.09. The molecule has 1 aromatic rings. The van der Waals surface area contributed by atoms with E-state index >= 15 is 0 Å². The fraction of sp³-hybridized carbons (Fsp3) is 0.455. The Balaban J connectivity index is 2.51. The zero-order chi connectivity index (χ0) is 12.0. The highest BCUT2D eigenvalue weighted by atomic mass is 35.7. The first-order chi connectivity index (χ1) is 7.51. The van der Waals surface area contributed by atoms with Crippen molar-refractivity contribution in [3.05, 3.63) is 29.8 Å². The van der Waals surface area contributed by atoms with Gasteiger partial charge in [-0.05, 0) is 30.5 Å². The predicted octanol–water partition coefficient (Wildman–Crippen LogP) is 2.59. The molecule has 0 aliphatic heterocycles. The Labute approximate surface area is 101 Å². The SMILES string of the molecule is CCCOc1ccc(CCS(=O)(=O)Cl)cc1. The van der Waals surface area contributed by atoms with Gasteiger partial charge in [0.15, 0.2) is 0 Å². The summed E-state index contributed by atoms with van der Waals surface area (Å²) in [6, 6.07) is 7.39. The minimum Gasteiger partial charge on any atom is -0.494 e. The topological polar surface area (TPSA) is 43.4 Å². The first-order valence-electron chi connectivity index (χ1n) is 5.15. The molecule has 5 heteroatoms. The van der Waals surface area contributed by atoms with Gasteiger partial charge in [0.1, 0.15) is 5.75 Å². The van der Waals surface area contributed by atoms with E-state index in [0.29, 0.717) is 13.0 Å². The van der Waals surface area contributed by atoms with Gasteiger partial charge in [0.05, 0.1) is 12.4 Å². The first-order valence-corrected chi connectivity index (χ1v) is 7.63. The summed E-state index contributed by atoms with van der Waals surface area (Å²) in [4.78, 5) is 0. The molecule has 0 amide bonds. The van der Waals surface area contributed by atoms with Crippen LogP contribution in [0.4, 0.5) is 0 Å². The second-order valence-corrected chi connectivity index (χ2v) is 6.38. The number of hydrogen-bond acceptors (Lipinski definition) is 3. The average Bonchev–Trinajstić information content (AvgIpc) is 2.24. The summed E-state index contributed by atoms with van der Waals surface area (Å²) in [5.74, 6) is 0.767. The molecule has 0 fully saturated rings. The van der Waals surface area contributed by atoms with Gasteiger partial charge in [0.2, 0.25) is 9.05 Å². The molecule has 0 unspecified atom stereocenters. The first kappa shape index (κ1) is 13.3. The number of benzene rings is 1. The van der Waals surface area contributed by atoms with Crippen molar-refractivity contribution >= 4 is 19.7 Å². The van der Waals surface area contributed by atoms with E-state index in [9.17, 15) is 8.42 Å². The van der Waals surface area contributed by atoms with Crippen molar-refractivity contribution in [1.29, 1.82) is 0 Å². The maximum Gasteiger partial charge on any atom is 0.232 e. The van der Waals surface area contributed by atoms with Gasteiger partial charge in [-0.15, -0.1) is 0 Å². The van der Waals surface area contributed by atoms with Crippen molar-refractivity contribution in [2.24, 2.45) is 0 Å². The second kappa shape index (κ2) is 6.11. The molecular formula is C11H15ClO3S. The Morgan fingerprint density at radius 3 is 2.38 bits per heavy atom. The van der Waals surface area contributed by atoms with Crippen LogP contribution in [0.25, 0.3) is 0 Å². The molecule has 0 spiro atoms. The van der Waals surface area contributed by atoms with Crippen molar-refractivity contribution in [2.75, 3.05) is 12.4 Å². The van der Waals surface area contributed by atoms with Crippen LogP contribution in [0.1, 0.15) is 18.9 Å². The van der Waals surface area contributed by atoms with Gasteiger partial charge >= 0.3 is 0 Å². The Hall–Kier alpha value is -0.740. The monoisotopic (exact) mass is 262 g/mol. The molecule has 0 radical (unpaired) electrons. The highest BCUT2D eigenvalue weighted by molar-refractivity contribution is 8.13. The third-order valence-electron chi connectivity index (χ3n) is 2.03. The van der Waals surface area contributed by atoms with Crippen molar-refractivity contribution < 1.29 is 13.2 Å². The number of aryl methyl sites for hydroxylation is 1. The molecule has 0 saturated carbocycles. The molecule has 0 aromatic heterocycles. The van der Waals surface area contributed by atoms with Crippen molar-refractivity contribution in [3.8, 4) is 5.75 Å². The third kappa shape index (κ3) is 5.37. The highest BCUT2D eigenvalue weighted by Gasteiger charge is 2.05. The summed E-state index contributed by atoms with van der Waals surface area (Å²) in [5, 5.41) is 0. The molecule has 90 valence electrons. The number of rotatable bonds is 6. The lowest BCUT2D eigenvalue weighted by atomic mass is 10.2. The minimum absolute atomic E-state index is 0.0380. The number of ether oxygens (including phenoxy) is 1. The van der Waals surface area contributed by atoms with Gasteiger partial charge in [-0.3, -0.25) is 0 Å². The van der Waals surface area contributed by atoms with Crippen LogP contribution in [0.5, 0.6) is 5.75 Å². The Morgan fingerprint density at radius 2 is 1.88 bits per heavy atom. The maximum atomic E-state index is 10.8. The van der Waals surface area contributed by atoms with Crippen molar-refractivity contribution in [2.45, 2.75) is 19.8 Å². The van der Waals surface area contributed by atoms with E-state index in [-0.39, 0.29) is 5.75 Å². The van der Waals surface area contributed by atoms with Crippen LogP contribution >= 0.6 is 10.7 Å². The second-order valence-electron chi connectivity index (χ2n) is 3.49. The van der Waals surface area contributed by atoms with E-state index in [1.54, 1.807) is 0 Å². The van der Waals surface area contributed by atoms with Crippen molar-refractivity contribution in [3.63, 3.8) is 0 Å². The largest absolute Gasteiger partial charge is 0.494 e. The summed E-state index contributed by atoms with van der Waals surface area (Å²) in [5.41, 5.74) is 0.938. The Bertz CT molecular complexity index is 411. The molecule has 0 saturated heterocycles. The zero-order valence-corrected chi connectivity index (χ0v) is 10.7. The fourth-order valence-corrected chi connectivity index (χ4v) is 1.92. The van der Waals surface area contributed by atoms with Crippen LogP contribution in [-0.2, 0) is 15.5 Å². The van der Waals surface area contributed by atoms with Gasteiger partial charge < -0.3 is 4.74 Å². The molecule has 0 heterocycles. The standard InChI is InChI=1S/C11H15ClO3S/c1-2-8-15-11-5-3-10(4-6-11)7-9-16(12,13)14/h3-6H,2,7-9H2,1H3.